The summed E-state index contributed by atoms with van der Waals surface area (Å²) in [6, 6.07) is 9.77. The topological polar surface area (TPSA) is 34.1 Å². The van der Waals surface area contributed by atoms with Gasteiger partial charge in [-0.3, -0.25) is 0 Å². The number of halogens is 1. The number of aryl methyl sites for hydroxylation is 1. The maximum atomic E-state index is 6.16. The lowest BCUT2D eigenvalue weighted by Gasteiger charge is -2.09. The summed E-state index contributed by atoms with van der Waals surface area (Å²) in [6.07, 6.45) is 1.75. The van der Waals surface area contributed by atoms with Gasteiger partial charge in [-0.05, 0) is 36.2 Å². The summed E-state index contributed by atoms with van der Waals surface area (Å²) in [6.45, 7) is 2.64. The van der Waals surface area contributed by atoms with Gasteiger partial charge in [0.2, 0.25) is 0 Å². The van der Waals surface area contributed by atoms with Gasteiger partial charge in [-0.2, -0.15) is 0 Å². The van der Waals surface area contributed by atoms with E-state index in [0.29, 0.717) is 17.4 Å². The molecule has 0 saturated heterocycles. The van der Waals surface area contributed by atoms with Crippen LogP contribution in [0.15, 0.2) is 36.5 Å². The number of nitrogens with one attached hydrogen (secondary N) is 1. The fourth-order valence-corrected chi connectivity index (χ4v) is 1.77. The van der Waals surface area contributed by atoms with Crippen molar-refractivity contribution in [2.24, 2.45) is 0 Å². The van der Waals surface area contributed by atoms with Crippen molar-refractivity contribution in [1.29, 1.82) is 0 Å². The number of methoxy groups -OCH3 is 1. The van der Waals surface area contributed by atoms with Gasteiger partial charge in [0.05, 0.1) is 12.1 Å². The highest BCUT2D eigenvalue weighted by Crippen LogP contribution is 2.23. The average molecular weight is 263 g/mol. The third-order valence-electron chi connectivity index (χ3n) is 2.70. The fourth-order valence-electron chi connectivity index (χ4n) is 1.59. The maximum absolute atomic E-state index is 6.16. The van der Waals surface area contributed by atoms with Crippen LogP contribution in [0.3, 0.4) is 0 Å². The molecule has 2 rings (SSSR count). The zero-order valence-corrected chi connectivity index (χ0v) is 11.2. The largest absolute Gasteiger partial charge is 0.497 e. The van der Waals surface area contributed by atoms with Crippen LogP contribution in [0, 0.1) is 6.92 Å². The molecular weight excluding hydrogens is 248 g/mol. The molecule has 1 aromatic heterocycles. The minimum atomic E-state index is 0.672. The second-order valence-corrected chi connectivity index (χ2v) is 4.37. The highest BCUT2D eigenvalue weighted by Gasteiger charge is 2.03. The monoisotopic (exact) mass is 262 g/mol. The molecule has 0 saturated carbocycles. The van der Waals surface area contributed by atoms with Crippen molar-refractivity contribution in [3.63, 3.8) is 0 Å². The van der Waals surface area contributed by atoms with E-state index in [-0.39, 0.29) is 0 Å². The summed E-state index contributed by atoms with van der Waals surface area (Å²) < 4.78 is 5.11. The number of nitrogens with zero attached hydrogens (tertiary/aromatic N) is 1. The van der Waals surface area contributed by atoms with Gasteiger partial charge in [0, 0.05) is 12.7 Å². The fraction of sp³-hybridized carbons (Fsp3) is 0.214. The van der Waals surface area contributed by atoms with Crippen molar-refractivity contribution < 1.29 is 4.74 Å². The predicted molar refractivity (Wildman–Crippen MR) is 74.3 cm³/mol. The quantitative estimate of drug-likeness (QED) is 0.913. The van der Waals surface area contributed by atoms with Gasteiger partial charge in [-0.15, -0.1) is 0 Å². The maximum Gasteiger partial charge on any atom is 0.145 e. The van der Waals surface area contributed by atoms with E-state index in [1.54, 1.807) is 13.3 Å². The molecule has 0 fully saturated rings. The van der Waals surface area contributed by atoms with Crippen LogP contribution in [-0.2, 0) is 6.54 Å². The normalized spacial score (nSPS) is 10.2. The minimum Gasteiger partial charge on any atom is -0.497 e. The summed E-state index contributed by atoms with van der Waals surface area (Å²) >= 11 is 6.16. The molecule has 1 aromatic carbocycles. The molecule has 4 heteroatoms. The van der Waals surface area contributed by atoms with Crippen molar-refractivity contribution in [2.75, 3.05) is 12.4 Å². The Morgan fingerprint density at radius 2 is 1.94 bits per heavy atom. The lowest BCUT2D eigenvalue weighted by atomic mass is 10.2. The van der Waals surface area contributed by atoms with Crippen molar-refractivity contribution in [3.8, 4) is 5.75 Å². The molecule has 0 aliphatic heterocycles. The molecule has 94 valence electrons. The van der Waals surface area contributed by atoms with Crippen LogP contribution in [-0.4, -0.2) is 12.1 Å². The molecule has 0 unspecified atom stereocenters. The van der Waals surface area contributed by atoms with Gasteiger partial charge >= 0.3 is 0 Å². The summed E-state index contributed by atoms with van der Waals surface area (Å²) in [5, 5.41) is 3.90. The molecule has 0 radical (unpaired) electrons. The molecule has 0 aliphatic rings. The molecule has 0 aliphatic carbocycles. The number of benzene rings is 1. The van der Waals surface area contributed by atoms with Gasteiger partial charge < -0.3 is 10.1 Å². The van der Waals surface area contributed by atoms with Gasteiger partial charge in [0.15, 0.2) is 0 Å². The molecule has 2 aromatic rings. The second kappa shape index (κ2) is 5.74. The first-order valence-electron chi connectivity index (χ1n) is 5.68. The SMILES string of the molecule is COc1ccc(CNc2nccc(C)c2Cl)cc1. The lowest BCUT2D eigenvalue weighted by Crippen LogP contribution is -2.02. The highest BCUT2D eigenvalue weighted by molar-refractivity contribution is 6.33. The zero-order valence-electron chi connectivity index (χ0n) is 10.4. The predicted octanol–water partition coefficient (Wildman–Crippen LogP) is 3.66. The number of ether oxygens (including phenoxy) is 1. The standard InChI is InChI=1S/C14H15ClN2O/c1-10-7-8-16-14(13(10)15)17-9-11-3-5-12(18-2)6-4-11/h3-8H,9H2,1-2H3,(H,16,17). The minimum absolute atomic E-state index is 0.672. The Hall–Kier alpha value is -1.74. The molecular formula is C14H15ClN2O. The Kier molecular flexibility index (Phi) is 4.05. The van der Waals surface area contributed by atoms with Crippen LogP contribution < -0.4 is 10.1 Å². The van der Waals surface area contributed by atoms with Gasteiger partial charge in [-0.25, -0.2) is 4.98 Å². The number of anilines is 1. The lowest BCUT2D eigenvalue weighted by molar-refractivity contribution is 0.414. The van der Waals surface area contributed by atoms with Crippen LogP contribution in [0.25, 0.3) is 0 Å². The first-order chi connectivity index (χ1) is 8.70. The number of pyridine rings is 1. The van der Waals surface area contributed by atoms with Gasteiger partial charge in [0.25, 0.3) is 0 Å². The van der Waals surface area contributed by atoms with Gasteiger partial charge in [-0.1, -0.05) is 23.7 Å². The summed E-state index contributed by atoms with van der Waals surface area (Å²) in [7, 11) is 1.66. The summed E-state index contributed by atoms with van der Waals surface area (Å²) in [5.74, 6) is 1.57. The van der Waals surface area contributed by atoms with Crippen LogP contribution in [0.4, 0.5) is 5.82 Å². The van der Waals surface area contributed by atoms with Crippen LogP contribution in [0.2, 0.25) is 5.02 Å². The van der Waals surface area contributed by atoms with E-state index in [0.717, 1.165) is 16.9 Å². The number of rotatable bonds is 4. The molecule has 0 atom stereocenters. The molecule has 1 N–H and O–H groups in total. The highest BCUT2D eigenvalue weighted by atomic mass is 35.5. The molecule has 0 amide bonds. The van der Waals surface area contributed by atoms with E-state index in [9.17, 15) is 0 Å². The van der Waals surface area contributed by atoms with E-state index in [1.807, 2.05) is 37.3 Å². The number of aromatic nitrogens is 1. The molecule has 18 heavy (non-hydrogen) atoms. The molecule has 0 bridgehead atoms. The van der Waals surface area contributed by atoms with Crippen LogP contribution in [0.5, 0.6) is 5.75 Å². The van der Waals surface area contributed by atoms with Crippen LogP contribution in [0.1, 0.15) is 11.1 Å². The van der Waals surface area contributed by atoms with E-state index >= 15 is 0 Å². The smallest absolute Gasteiger partial charge is 0.145 e. The Labute approximate surface area is 112 Å². The van der Waals surface area contributed by atoms with Crippen LogP contribution >= 0.6 is 11.6 Å². The number of hydrogen-bond donors (Lipinski definition) is 1. The van der Waals surface area contributed by atoms with Crippen molar-refractivity contribution in [2.45, 2.75) is 13.5 Å². The Balaban J connectivity index is 2.04. The molecule has 3 nitrogen and oxygen atoms in total. The summed E-state index contributed by atoms with van der Waals surface area (Å²) in [4.78, 5) is 4.22. The first-order valence-corrected chi connectivity index (χ1v) is 6.06. The Morgan fingerprint density at radius 3 is 2.61 bits per heavy atom. The molecule has 0 spiro atoms. The summed E-state index contributed by atoms with van der Waals surface area (Å²) in [5.41, 5.74) is 2.17. The Bertz CT molecular complexity index is 526. The molecule has 1 heterocycles. The van der Waals surface area contributed by atoms with E-state index < -0.39 is 0 Å². The number of hydrogen-bond acceptors (Lipinski definition) is 3. The van der Waals surface area contributed by atoms with Crippen molar-refractivity contribution in [3.05, 3.63) is 52.7 Å². The average Bonchev–Trinajstić information content (AvgIpc) is 2.41. The van der Waals surface area contributed by atoms with Crippen molar-refractivity contribution in [1.82, 2.24) is 4.98 Å². The zero-order chi connectivity index (χ0) is 13.0. The van der Waals surface area contributed by atoms with E-state index in [4.69, 9.17) is 16.3 Å². The first kappa shape index (κ1) is 12.7. The second-order valence-electron chi connectivity index (χ2n) is 3.99. The Morgan fingerprint density at radius 1 is 1.22 bits per heavy atom. The van der Waals surface area contributed by atoms with E-state index in [2.05, 4.69) is 10.3 Å². The third kappa shape index (κ3) is 2.93. The van der Waals surface area contributed by atoms with Gasteiger partial charge in [0.1, 0.15) is 11.6 Å². The third-order valence-corrected chi connectivity index (χ3v) is 3.18. The van der Waals surface area contributed by atoms with Crippen molar-refractivity contribution >= 4 is 17.4 Å². The van der Waals surface area contributed by atoms with E-state index in [1.165, 1.54) is 0 Å².